The lowest BCUT2D eigenvalue weighted by atomic mass is 10.0. The van der Waals surface area contributed by atoms with Crippen LogP contribution in [0.4, 0.5) is 0 Å². The standard InChI is InChI=1S/C11H23BrN2O2S/c1-9(2)11(7-12)13-17(15,16)14-6-4-5-10(3)8-14/h9-11,13H,4-8H2,1-3H3. The Morgan fingerprint density at radius 3 is 2.59 bits per heavy atom. The van der Waals surface area contributed by atoms with Crippen LogP contribution in [-0.2, 0) is 10.2 Å². The summed E-state index contributed by atoms with van der Waals surface area (Å²) in [6.07, 6.45) is 2.08. The molecule has 0 aromatic carbocycles. The largest absolute Gasteiger partial charge is 0.279 e. The van der Waals surface area contributed by atoms with Crippen LogP contribution in [0.2, 0.25) is 0 Å². The summed E-state index contributed by atoms with van der Waals surface area (Å²) < 4.78 is 28.8. The molecular weight excluding hydrogens is 304 g/mol. The summed E-state index contributed by atoms with van der Waals surface area (Å²) in [6, 6.07) is -0.0442. The predicted octanol–water partition coefficient (Wildman–Crippen LogP) is 1.97. The van der Waals surface area contributed by atoms with Crippen molar-refractivity contribution in [3.05, 3.63) is 0 Å². The van der Waals surface area contributed by atoms with E-state index >= 15 is 0 Å². The van der Waals surface area contributed by atoms with Crippen LogP contribution >= 0.6 is 15.9 Å². The summed E-state index contributed by atoms with van der Waals surface area (Å²) in [6.45, 7) is 7.43. The molecule has 6 heteroatoms. The molecule has 102 valence electrons. The molecule has 0 amide bonds. The molecule has 0 radical (unpaired) electrons. The van der Waals surface area contributed by atoms with Gasteiger partial charge in [-0.25, -0.2) is 0 Å². The number of rotatable bonds is 5. The number of hydrogen-bond acceptors (Lipinski definition) is 2. The van der Waals surface area contributed by atoms with Crippen molar-refractivity contribution in [1.29, 1.82) is 0 Å². The molecule has 2 atom stereocenters. The maximum atomic E-state index is 12.2. The Bertz CT molecular complexity index is 332. The highest BCUT2D eigenvalue weighted by Gasteiger charge is 2.29. The van der Waals surface area contributed by atoms with Gasteiger partial charge in [0.2, 0.25) is 0 Å². The highest BCUT2D eigenvalue weighted by atomic mass is 79.9. The maximum absolute atomic E-state index is 12.2. The Hall–Kier alpha value is 0.350. The molecule has 0 spiro atoms. The summed E-state index contributed by atoms with van der Waals surface area (Å²) in [5.74, 6) is 0.744. The van der Waals surface area contributed by atoms with E-state index in [1.165, 1.54) is 0 Å². The van der Waals surface area contributed by atoms with Crippen molar-refractivity contribution in [3.63, 3.8) is 0 Å². The van der Waals surface area contributed by atoms with Gasteiger partial charge in [-0.1, -0.05) is 36.7 Å². The van der Waals surface area contributed by atoms with Crippen molar-refractivity contribution in [2.45, 2.75) is 39.7 Å². The highest BCUT2D eigenvalue weighted by molar-refractivity contribution is 9.09. The van der Waals surface area contributed by atoms with Crippen molar-refractivity contribution < 1.29 is 8.42 Å². The van der Waals surface area contributed by atoms with E-state index in [2.05, 4.69) is 27.6 Å². The van der Waals surface area contributed by atoms with Crippen molar-refractivity contribution in [3.8, 4) is 0 Å². The fourth-order valence-electron chi connectivity index (χ4n) is 1.98. The van der Waals surface area contributed by atoms with E-state index < -0.39 is 10.2 Å². The third-order valence-electron chi connectivity index (χ3n) is 3.23. The number of piperidine rings is 1. The second kappa shape index (κ2) is 6.50. The van der Waals surface area contributed by atoms with E-state index in [4.69, 9.17) is 0 Å². The summed E-state index contributed by atoms with van der Waals surface area (Å²) in [7, 11) is -3.32. The lowest BCUT2D eigenvalue weighted by Crippen LogP contribution is -2.50. The van der Waals surface area contributed by atoms with Gasteiger partial charge in [-0.05, 0) is 24.7 Å². The lowest BCUT2D eigenvalue weighted by molar-refractivity contribution is 0.275. The van der Waals surface area contributed by atoms with Gasteiger partial charge in [0.25, 0.3) is 10.2 Å². The van der Waals surface area contributed by atoms with Crippen molar-refractivity contribution >= 4 is 26.1 Å². The fraction of sp³-hybridized carbons (Fsp3) is 1.00. The van der Waals surface area contributed by atoms with Gasteiger partial charge in [0.1, 0.15) is 0 Å². The first-order valence-electron chi connectivity index (χ1n) is 6.20. The average Bonchev–Trinajstić information content (AvgIpc) is 2.25. The van der Waals surface area contributed by atoms with Crippen LogP contribution in [0.1, 0.15) is 33.6 Å². The highest BCUT2D eigenvalue weighted by Crippen LogP contribution is 2.18. The van der Waals surface area contributed by atoms with Crippen molar-refractivity contribution in [1.82, 2.24) is 9.03 Å². The quantitative estimate of drug-likeness (QED) is 0.785. The molecule has 1 saturated heterocycles. The van der Waals surface area contributed by atoms with E-state index in [9.17, 15) is 8.42 Å². The molecule has 4 nitrogen and oxygen atoms in total. The van der Waals surface area contributed by atoms with E-state index in [-0.39, 0.29) is 12.0 Å². The van der Waals surface area contributed by atoms with Crippen LogP contribution in [0.25, 0.3) is 0 Å². The molecule has 1 N–H and O–H groups in total. The maximum Gasteiger partial charge on any atom is 0.279 e. The monoisotopic (exact) mass is 326 g/mol. The zero-order valence-electron chi connectivity index (χ0n) is 10.8. The number of hydrogen-bond donors (Lipinski definition) is 1. The third kappa shape index (κ3) is 4.50. The Balaban J connectivity index is 2.67. The Labute approximate surface area is 113 Å². The summed E-state index contributed by atoms with van der Waals surface area (Å²) in [4.78, 5) is 0. The van der Waals surface area contributed by atoms with Gasteiger partial charge in [-0.2, -0.15) is 17.4 Å². The Kier molecular flexibility index (Phi) is 5.89. The Morgan fingerprint density at radius 2 is 2.12 bits per heavy atom. The smallest absolute Gasteiger partial charge is 0.198 e. The zero-order valence-corrected chi connectivity index (χ0v) is 13.2. The molecule has 0 aromatic heterocycles. The minimum atomic E-state index is -3.32. The predicted molar refractivity (Wildman–Crippen MR) is 74.4 cm³/mol. The van der Waals surface area contributed by atoms with Crippen LogP contribution < -0.4 is 4.72 Å². The number of nitrogens with zero attached hydrogens (tertiary/aromatic N) is 1. The van der Waals surface area contributed by atoms with Gasteiger partial charge < -0.3 is 0 Å². The van der Waals surface area contributed by atoms with Crippen LogP contribution in [0, 0.1) is 11.8 Å². The molecule has 1 aliphatic heterocycles. The van der Waals surface area contributed by atoms with Gasteiger partial charge in [0.05, 0.1) is 0 Å². The molecule has 1 heterocycles. The van der Waals surface area contributed by atoms with E-state index in [1.54, 1.807) is 4.31 Å². The summed E-state index contributed by atoms with van der Waals surface area (Å²) in [5.41, 5.74) is 0. The van der Waals surface area contributed by atoms with Crippen LogP contribution in [-0.4, -0.2) is 37.2 Å². The molecule has 0 aliphatic carbocycles. The topological polar surface area (TPSA) is 49.4 Å². The van der Waals surface area contributed by atoms with Crippen LogP contribution in [0.3, 0.4) is 0 Å². The van der Waals surface area contributed by atoms with Crippen LogP contribution in [0.5, 0.6) is 0 Å². The Morgan fingerprint density at radius 1 is 1.47 bits per heavy atom. The third-order valence-corrected chi connectivity index (χ3v) is 5.54. The number of halogens is 1. The summed E-state index contributed by atoms with van der Waals surface area (Å²) >= 11 is 3.36. The van der Waals surface area contributed by atoms with Crippen molar-refractivity contribution in [2.24, 2.45) is 11.8 Å². The summed E-state index contributed by atoms with van der Waals surface area (Å²) in [5, 5.41) is 0.646. The minimum Gasteiger partial charge on any atom is -0.198 e. The molecule has 2 unspecified atom stereocenters. The molecule has 17 heavy (non-hydrogen) atoms. The van der Waals surface area contributed by atoms with Gasteiger partial charge in [-0.15, -0.1) is 0 Å². The van der Waals surface area contributed by atoms with Gasteiger partial charge >= 0.3 is 0 Å². The van der Waals surface area contributed by atoms with Gasteiger partial charge in [0.15, 0.2) is 0 Å². The lowest BCUT2D eigenvalue weighted by Gasteiger charge is -2.32. The number of alkyl halides is 1. The first kappa shape index (κ1) is 15.4. The molecule has 1 fully saturated rings. The molecule has 1 rings (SSSR count). The molecular formula is C11H23BrN2O2S. The normalized spacial score (nSPS) is 25.1. The molecule has 0 aromatic rings. The van der Waals surface area contributed by atoms with Gasteiger partial charge in [0, 0.05) is 24.5 Å². The SMILES string of the molecule is CC1CCCN(S(=O)(=O)NC(CBr)C(C)C)C1. The second-order valence-corrected chi connectivity index (χ2v) is 7.58. The zero-order chi connectivity index (χ0) is 13.1. The van der Waals surface area contributed by atoms with Gasteiger partial charge in [-0.3, -0.25) is 0 Å². The molecule has 0 bridgehead atoms. The average molecular weight is 327 g/mol. The second-order valence-electron chi connectivity index (χ2n) is 5.23. The van der Waals surface area contributed by atoms with E-state index in [0.29, 0.717) is 24.3 Å². The van der Waals surface area contributed by atoms with Crippen molar-refractivity contribution in [2.75, 3.05) is 18.4 Å². The fourth-order valence-corrected chi connectivity index (χ4v) is 4.81. The number of nitrogens with one attached hydrogen (secondary N) is 1. The molecule has 1 aliphatic rings. The van der Waals surface area contributed by atoms with E-state index in [1.807, 2.05) is 13.8 Å². The van der Waals surface area contributed by atoms with Crippen LogP contribution in [0.15, 0.2) is 0 Å². The first-order chi connectivity index (χ1) is 7.86. The molecule has 0 saturated carbocycles. The van der Waals surface area contributed by atoms with E-state index in [0.717, 1.165) is 12.8 Å². The minimum absolute atomic E-state index is 0.0442. The first-order valence-corrected chi connectivity index (χ1v) is 8.76.